The normalized spacial score (nSPS) is 11.1. The average molecular weight is 356 g/mol. The number of fused-ring (bicyclic) bond motifs is 1. The van der Waals surface area contributed by atoms with Crippen molar-refractivity contribution in [2.45, 2.75) is 19.8 Å². The minimum atomic E-state index is -0.168. The van der Waals surface area contributed by atoms with Gasteiger partial charge >= 0.3 is 0 Å². The Morgan fingerprint density at radius 2 is 1.78 bits per heavy atom. The highest BCUT2D eigenvalue weighted by Gasteiger charge is 2.15. The highest BCUT2D eigenvalue weighted by Crippen LogP contribution is 2.26. The predicted molar refractivity (Wildman–Crippen MR) is 108 cm³/mol. The van der Waals surface area contributed by atoms with Crippen molar-refractivity contribution in [3.05, 3.63) is 84.1 Å². The lowest BCUT2D eigenvalue weighted by Gasteiger charge is -2.11. The second-order valence-corrected chi connectivity index (χ2v) is 6.78. The number of carbonyl (C=O) groups excluding carboxylic acids is 1. The van der Waals surface area contributed by atoms with Gasteiger partial charge in [-0.2, -0.15) is 0 Å². The molecular weight excluding hydrogens is 336 g/mol. The minimum absolute atomic E-state index is 0.168. The Kier molecular flexibility index (Phi) is 4.47. The number of nitrogens with one attached hydrogen (secondary N) is 1. The van der Waals surface area contributed by atoms with Crippen LogP contribution in [0.5, 0.6) is 0 Å². The quantitative estimate of drug-likeness (QED) is 0.497. The summed E-state index contributed by atoms with van der Waals surface area (Å²) in [5, 5.41) is 3.80. The smallest absolute Gasteiger partial charge is 0.256 e. The van der Waals surface area contributed by atoms with E-state index < -0.39 is 0 Å². The van der Waals surface area contributed by atoms with Gasteiger partial charge in [0.1, 0.15) is 5.69 Å². The van der Waals surface area contributed by atoms with Crippen LogP contribution in [0.4, 0.5) is 5.69 Å². The van der Waals surface area contributed by atoms with Crippen molar-refractivity contribution in [3.8, 4) is 11.5 Å². The molecule has 0 aliphatic rings. The Balaban J connectivity index is 1.72. The first-order valence-electron chi connectivity index (χ1n) is 8.97. The third-order valence-electron chi connectivity index (χ3n) is 4.57. The van der Waals surface area contributed by atoms with Crippen LogP contribution >= 0.6 is 0 Å². The summed E-state index contributed by atoms with van der Waals surface area (Å²) in [5.41, 5.74) is 3.97. The molecule has 0 aliphatic carbocycles. The minimum Gasteiger partial charge on any atom is -0.463 e. The van der Waals surface area contributed by atoms with Crippen molar-refractivity contribution in [1.82, 2.24) is 4.98 Å². The average Bonchev–Trinajstić information content (AvgIpc) is 3.22. The standard InChI is InChI=1S/C23H20N2O2/c1-15(2)16-9-11-17(12-10-16)24-23(26)19-14-21(22-8-5-13-27-22)25-20-7-4-3-6-18(19)20/h3-15H,1-2H3,(H,24,26). The SMILES string of the molecule is CC(C)c1ccc(NC(=O)c2cc(-c3ccco3)nc3ccccc23)cc1. The van der Waals surface area contributed by atoms with E-state index in [1.165, 1.54) is 5.56 Å². The number of furan rings is 1. The molecule has 134 valence electrons. The van der Waals surface area contributed by atoms with Crippen LogP contribution in [-0.2, 0) is 0 Å². The molecule has 1 amide bonds. The van der Waals surface area contributed by atoms with Gasteiger partial charge in [0, 0.05) is 11.1 Å². The van der Waals surface area contributed by atoms with Gasteiger partial charge in [-0.25, -0.2) is 4.98 Å². The van der Waals surface area contributed by atoms with Crippen LogP contribution in [0.15, 0.2) is 77.4 Å². The molecule has 27 heavy (non-hydrogen) atoms. The number of hydrogen-bond acceptors (Lipinski definition) is 3. The summed E-state index contributed by atoms with van der Waals surface area (Å²) in [6.45, 7) is 4.29. The van der Waals surface area contributed by atoms with E-state index in [1.54, 1.807) is 12.3 Å². The molecule has 2 heterocycles. The monoisotopic (exact) mass is 356 g/mol. The predicted octanol–water partition coefficient (Wildman–Crippen LogP) is 5.87. The van der Waals surface area contributed by atoms with E-state index in [4.69, 9.17) is 4.42 Å². The summed E-state index contributed by atoms with van der Waals surface area (Å²) in [6.07, 6.45) is 1.60. The van der Waals surface area contributed by atoms with Crippen LogP contribution < -0.4 is 5.32 Å². The lowest BCUT2D eigenvalue weighted by molar-refractivity contribution is 0.102. The summed E-state index contributed by atoms with van der Waals surface area (Å²) in [7, 11) is 0. The third kappa shape index (κ3) is 3.47. The zero-order valence-corrected chi connectivity index (χ0v) is 15.3. The van der Waals surface area contributed by atoms with Crippen LogP contribution in [0.1, 0.15) is 35.7 Å². The van der Waals surface area contributed by atoms with Crippen LogP contribution in [0.2, 0.25) is 0 Å². The molecule has 2 aromatic carbocycles. The van der Waals surface area contributed by atoms with Crippen LogP contribution in [0.25, 0.3) is 22.4 Å². The molecule has 0 fully saturated rings. The van der Waals surface area contributed by atoms with E-state index in [0.29, 0.717) is 22.9 Å². The number of rotatable bonds is 4. The van der Waals surface area contributed by atoms with Crippen molar-refractivity contribution in [2.75, 3.05) is 5.32 Å². The van der Waals surface area contributed by atoms with Gasteiger partial charge in [0.2, 0.25) is 0 Å². The van der Waals surface area contributed by atoms with Crippen LogP contribution in [0.3, 0.4) is 0 Å². The number of hydrogen-bond donors (Lipinski definition) is 1. The molecule has 4 heteroatoms. The Bertz CT molecular complexity index is 1080. The fourth-order valence-corrected chi connectivity index (χ4v) is 3.06. The van der Waals surface area contributed by atoms with E-state index >= 15 is 0 Å². The van der Waals surface area contributed by atoms with Crippen molar-refractivity contribution in [2.24, 2.45) is 0 Å². The van der Waals surface area contributed by atoms with Crippen molar-refractivity contribution in [1.29, 1.82) is 0 Å². The highest BCUT2D eigenvalue weighted by atomic mass is 16.3. The first-order valence-corrected chi connectivity index (χ1v) is 8.97. The lowest BCUT2D eigenvalue weighted by Crippen LogP contribution is -2.13. The van der Waals surface area contributed by atoms with Crippen molar-refractivity contribution >= 4 is 22.5 Å². The van der Waals surface area contributed by atoms with E-state index in [9.17, 15) is 4.79 Å². The maximum absolute atomic E-state index is 13.0. The van der Waals surface area contributed by atoms with Gasteiger partial charge in [-0.3, -0.25) is 4.79 Å². The maximum Gasteiger partial charge on any atom is 0.256 e. The number of carbonyl (C=O) groups is 1. The maximum atomic E-state index is 13.0. The second-order valence-electron chi connectivity index (χ2n) is 6.78. The van der Waals surface area contributed by atoms with Gasteiger partial charge in [-0.1, -0.05) is 44.2 Å². The molecule has 0 saturated carbocycles. The molecule has 0 unspecified atom stereocenters. The zero-order chi connectivity index (χ0) is 18.8. The van der Waals surface area contributed by atoms with E-state index in [0.717, 1.165) is 16.6 Å². The fourth-order valence-electron chi connectivity index (χ4n) is 3.06. The highest BCUT2D eigenvalue weighted by molar-refractivity contribution is 6.13. The Morgan fingerprint density at radius 3 is 2.48 bits per heavy atom. The summed E-state index contributed by atoms with van der Waals surface area (Å²) < 4.78 is 5.46. The molecule has 2 aromatic heterocycles. The van der Waals surface area contributed by atoms with Gasteiger partial charge in [0.25, 0.3) is 5.91 Å². The van der Waals surface area contributed by atoms with Gasteiger partial charge < -0.3 is 9.73 Å². The molecule has 4 rings (SSSR count). The summed E-state index contributed by atoms with van der Waals surface area (Å²) in [5.74, 6) is 0.921. The van der Waals surface area contributed by atoms with Crippen molar-refractivity contribution < 1.29 is 9.21 Å². The van der Waals surface area contributed by atoms with Gasteiger partial charge in [0.05, 0.1) is 17.3 Å². The van der Waals surface area contributed by atoms with Gasteiger partial charge in [-0.05, 0) is 47.9 Å². The third-order valence-corrected chi connectivity index (χ3v) is 4.57. The number of benzene rings is 2. The number of amides is 1. The van der Waals surface area contributed by atoms with Crippen LogP contribution in [-0.4, -0.2) is 10.9 Å². The van der Waals surface area contributed by atoms with E-state index in [1.807, 2.05) is 60.7 Å². The largest absolute Gasteiger partial charge is 0.463 e. The van der Waals surface area contributed by atoms with E-state index in [2.05, 4.69) is 24.1 Å². The number of aromatic nitrogens is 1. The molecule has 0 bridgehead atoms. The molecular formula is C23H20N2O2. The number of para-hydroxylation sites is 1. The molecule has 1 N–H and O–H groups in total. The first-order chi connectivity index (χ1) is 13.1. The van der Waals surface area contributed by atoms with Crippen LogP contribution in [0, 0.1) is 0 Å². The Morgan fingerprint density at radius 1 is 1.00 bits per heavy atom. The Hall–Kier alpha value is -3.40. The molecule has 0 spiro atoms. The topological polar surface area (TPSA) is 55.1 Å². The molecule has 4 nitrogen and oxygen atoms in total. The van der Waals surface area contributed by atoms with Crippen molar-refractivity contribution in [3.63, 3.8) is 0 Å². The molecule has 0 atom stereocenters. The summed E-state index contributed by atoms with van der Waals surface area (Å²) in [4.78, 5) is 17.6. The molecule has 4 aromatic rings. The van der Waals surface area contributed by atoms with E-state index in [-0.39, 0.29) is 5.91 Å². The summed E-state index contributed by atoms with van der Waals surface area (Å²) >= 11 is 0. The lowest BCUT2D eigenvalue weighted by atomic mass is 10.0. The molecule has 0 saturated heterocycles. The molecule has 0 aliphatic heterocycles. The molecule has 0 radical (unpaired) electrons. The first kappa shape index (κ1) is 17.0. The zero-order valence-electron chi connectivity index (χ0n) is 15.3. The number of pyridine rings is 1. The van der Waals surface area contributed by atoms with Gasteiger partial charge in [-0.15, -0.1) is 0 Å². The number of anilines is 1. The Labute approximate surface area is 157 Å². The van der Waals surface area contributed by atoms with Gasteiger partial charge in [0.15, 0.2) is 5.76 Å². The second kappa shape index (κ2) is 7.08. The number of nitrogens with zero attached hydrogens (tertiary/aromatic N) is 1. The fraction of sp³-hybridized carbons (Fsp3) is 0.130. The summed E-state index contributed by atoms with van der Waals surface area (Å²) in [6, 6.07) is 21.0.